The van der Waals surface area contributed by atoms with Gasteiger partial charge >= 0.3 is 0 Å². The van der Waals surface area contributed by atoms with Crippen LogP contribution in [0.3, 0.4) is 0 Å². The van der Waals surface area contributed by atoms with Gasteiger partial charge in [-0.3, -0.25) is 4.68 Å². The summed E-state index contributed by atoms with van der Waals surface area (Å²) >= 11 is 6.47. The first kappa shape index (κ1) is 14.4. The molecule has 2 saturated carbocycles. The van der Waals surface area contributed by atoms with Gasteiger partial charge in [0.05, 0.1) is 23.0 Å². The number of nitrogens with zero attached hydrogens (tertiary/aromatic N) is 2. The molecule has 2 fully saturated rings. The first-order chi connectivity index (χ1) is 9.61. The molecule has 3 nitrogen and oxygen atoms in total. The van der Waals surface area contributed by atoms with Crippen molar-refractivity contribution in [3.8, 4) is 0 Å². The van der Waals surface area contributed by atoms with Crippen LogP contribution in [-0.4, -0.2) is 16.3 Å². The van der Waals surface area contributed by atoms with E-state index < -0.39 is 0 Å². The fraction of sp³-hybridized carbons (Fsp3) is 0.812. The maximum absolute atomic E-state index is 6.47. The summed E-state index contributed by atoms with van der Waals surface area (Å²) in [5.74, 6) is 2.73. The zero-order chi connectivity index (χ0) is 14.3. The number of hydrogen-bond acceptors (Lipinski definition) is 2. The fourth-order valence-electron chi connectivity index (χ4n) is 3.87. The average Bonchev–Trinajstić information content (AvgIpc) is 2.83. The normalized spacial score (nSPS) is 29.8. The van der Waals surface area contributed by atoms with Crippen LogP contribution < -0.4 is 5.32 Å². The van der Waals surface area contributed by atoms with E-state index in [-0.39, 0.29) is 0 Å². The molecule has 1 N–H and O–H groups in total. The van der Waals surface area contributed by atoms with Gasteiger partial charge in [0.2, 0.25) is 0 Å². The minimum absolute atomic E-state index is 0.361. The number of nitrogens with one attached hydrogen (secondary N) is 1. The molecule has 0 aromatic carbocycles. The average molecular weight is 296 g/mol. The quantitative estimate of drug-likeness (QED) is 0.852. The van der Waals surface area contributed by atoms with Crippen molar-refractivity contribution in [1.29, 1.82) is 0 Å². The van der Waals surface area contributed by atoms with Crippen LogP contribution in [0.25, 0.3) is 0 Å². The van der Waals surface area contributed by atoms with Crippen molar-refractivity contribution in [2.75, 3.05) is 6.54 Å². The van der Waals surface area contributed by atoms with Crippen molar-refractivity contribution in [2.24, 2.45) is 17.8 Å². The van der Waals surface area contributed by atoms with E-state index in [4.69, 9.17) is 11.6 Å². The minimum atomic E-state index is 0.361. The zero-order valence-electron chi connectivity index (χ0n) is 12.8. The molecule has 0 saturated heterocycles. The van der Waals surface area contributed by atoms with Gasteiger partial charge in [-0.05, 0) is 63.8 Å². The van der Waals surface area contributed by atoms with Crippen LogP contribution in [0.2, 0.25) is 5.02 Å². The molecule has 0 aliphatic heterocycles. The number of hydrogen-bond donors (Lipinski definition) is 1. The molecule has 2 aliphatic carbocycles. The molecule has 3 rings (SSSR count). The summed E-state index contributed by atoms with van der Waals surface area (Å²) in [7, 11) is 0. The van der Waals surface area contributed by atoms with E-state index in [1.54, 1.807) is 0 Å². The molecule has 0 bridgehead atoms. The third-order valence-electron chi connectivity index (χ3n) is 4.94. The smallest absolute Gasteiger partial charge is 0.0834 e. The molecule has 0 radical (unpaired) electrons. The second-order valence-electron chi connectivity index (χ2n) is 6.84. The van der Waals surface area contributed by atoms with Crippen LogP contribution in [-0.2, 0) is 0 Å². The highest BCUT2D eigenvalue weighted by Gasteiger charge is 2.48. The number of aromatic nitrogens is 2. The highest BCUT2D eigenvalue weighted by molar-refractivity contribution is 6.31. The lowest BCUT2D eigenvalue weighted by Gasteiger charge is -2.28. The Morgan fingerprint density at radius 3 is 2.65 bits per heavy atom. The molecule has 3 unspecified atom stereocenters. The molecule has 112 valence electrons. The van der Waals surface area contributed by atoms with Gasteiger partial charge in [0.15, 0.2) is 0 Å². The topological polar surface area (TPSA) is 29.9 Å². The van der Waals surface area contributed by atoms with Gasteiger partial charge in [-0.25, -0.2) is 0 Å². The Bertz CT molecular complexity index is 458. The highest BCUT2D eigenvalue weighted by Crippen LogP contribution is 2.57. The zero-order valence-corrected chi connectivity index (χ0v) is 13.5. The van der Waals surface area contributed by atoms with Crippen molar-refractivity contribution in [2.45, 2.75) is 58.5 Å². The molecule has 2 aliphatic rings. The first-order valence-corrected chi connectivity index (χ1v) is 8.45. The van der Waals surface area contributed by atoms with Crippen LogP contribution in [0.1, 0.15) is 64.2 Å². The summed E-state index contributed by atoms with van der Waals surface area (Å²) in [5, 5.41) is 9.06. The summed E-state index contributed by atoms with van der Waals surface area (Å²) in [5.41, 5.74) is 1.21. The predicted molar refractivity (Wildman–Crippen MR) is 83.0 cm³/mol. The van der Waals surface area contributed by atoms with Crippen LogP contribution in [0.15, 0.2) is 6.20 Å². The Hall–Kier alpha value is -0.540. The molecular weight excluding hydrogens is 270 g/mol. The standard InChI is InChI=1S/C16H26ClN3/c1-4-5-18-15(13-7-11-6-12(11)8-13)16-14(17)9-19-20(16)10(2)3/h9-13,15,18H,4-8H2,1-3H3. The van der Waals surface area contributed by atoms with E-state index >= 15 is 0 Å². The molecule has 4 heteroatoms. The Labute approximate surface area is 127 Å². The van der Waals surface area contributed by atoms with Crippen molar-refractivity contribution in [3.63, 3.8) is 0 Å². The summed E-state index contributed by atoms with van der Waals surface area (Å²) in [6.07, 6.45) is 7.17. The lowest BCUT2D eigenvalue weighted by molar-refractivity contribution is 0.317. The summed E-state index contributed by atoms with van der Waals surface area (Å²) in [6, 6.07) is 0.736. The molecular formula is C16H26ClN3. The molecule has 0 spiro atoms. The second kappa shape index (κ2) is 5.69. The van der Waals surface area contributed by atoms with Crippen LogP contribution in [0.5, 0.6) is 0 Å². The minimum Gasteiger partial charge on any atom is -0.308 e. The fourth-order valence-corrected chi connectivity index (χ4v) is 4.12. The van der Waals surface area contributed by atoms with Crippen molar-refractivity contribution in [1.82, 2.24) is 15.1 Å². The first-order valence-electron chi connectivity index (χ1n) is 8.08. The van der Waals surface area contributed by atoms with Crippen molar-refractivity contribution >= 4 is 11.6 Å². The van der Waals surface area contributed by atoms with Gasteiger partial charge in [-0.2, -0.15) is 5.10 Å². The van der Waals surface area contributed by atoms with Crippen LogP contribution >= 0.6 is 11.6 Å². The summed E-state index contributed by atoms with van der Waals surface area (Å²) < 4.78 is 2.11. The van der Waals surface area contributed by atoms with Crippen LogP contribution in [0.4, 0.5) is 0 Å². The van der Waals surface area contributed by atoms with Gasteiger partial charge in [0.1, 0.15) is 0 Å². The van der Waals surface area contributed by atoms with Gasteiger partial charge in [-0.1, -0.05) is 18.5 Å². The molecule has 1 aromatic heterocycles. The van der Waals surface area contributed by atoms with Crippen LogP contribution in [0, 0.1) is 17.8 Å². The number of rotatable bonds is 6. The number of fused-ring (bicyclic) bond motifs is 1. The highest BCUT2D eigenvalue weighted by atomic mass is 35.5. The summed E-state index contributed by atoms with van der Waals surface area (Å²) in [6.45, 7) is 7.62. The van der Waals surface area contributed by atoms with Crippen molar-refractivity contribution in [3.05, 3.63) is 16.9 Å². The van der Waals surface area contributed by atoms with E-state index in [0.717, 1.165) is 35.7 Å². The van der Waals surface area contributed by atoms with Gasteiger partial charge in [-0.15, -0.1) is 0 Å². The van der Waals surface area contributed by atoms with Gasteiger partial charge < -0.3 is 5.32 Å². The maximum atomic E-state index is 6.47. The monoisotopic (exact) mass is 295 g/mol. The van der Waals surface area contributed by atoms with E-state index in [2.05, 4.69) is 35.9 Å². The van der Waals surface area contributed by atoms with Gasteiger partial charge in [0.25, 0.3) is 0 Å². The molecule has 0 amide bonds. The van der Waals surface area contributed by atoms with Crippen molar-refractivity contribution < 1.29 is 0 Å². The Morgan fingerprint density at radius 1 is 1.35 bits per heavy atom. The van der Waals surface area contributed by atoms with E-state index in [0.29, 0.717) is 12.1 Å². The number of halogens is 1. The largest absolute Gasteiger partial charge is 0.308 e. The predicted octanol–water partition coefficient (Wildman–Crippen LogP) is 4.20. The third-order valence-corrected chi connectivity index (χ3v) is 5.23. The Balaban J connectivity index is 1.86. The van der Waals surface area contributed by atoms with Gasteiger partial charge in [0, 0.05) is 6.04 Å². The SMILES string of the molecule is CCCNC(c1c(Cl)cnn1C(C)C)C1CC2CC2C1. The van der Waals surface area contributed by atoms with E-state index in [1.165, 1.54) is 25.0 Å². The van der Waals surface area contributed by atoms with E-state index in [1.807, 2.05) is 6.20 Å². The lowest BCUT2D eigenvalue weighted by Crippen LogP contribution is -2.31. The second-order valence-corrected chi connectivity index (χ2v) is 7.24. The summed E-state index contributed by atoms with van der Waals surface area (Å²) in [4.78, 5) is 0. The molecule has 20 heavy (non-hydrogen) atoms. The molecule has 1 heterocycles. The molecule has 1 aromatic rings. The third kappa shape index (κ3) is 2.62. The molecule has 3 atom stereocenters. The van der Waals surface area contributed by atoms with E-state index in [9.17, 15) is 0 Å². The Kier molecular flexibility index (Phi) is 4.09. The lowest BCUT2D eigenvalue weighted by atomic mass is 9.91. The Morgan fingerprint density at radius 2 is 2.05 bits per heavy atom. The maximum Gasteiger partial charge on any atom is 0.0834 e.